The molecule has 1 aliphatic rings. The van der Waals surface area contributed by atoms with Crippen molar-refractivity contribution in [3.05, 3.63) is 23.0 Å². The lowest BCUT2D eigenvalue weighted by Gasteiger charge is -2.20. The van der Waals surface area contributed by atoms with Crippen molar-refractivity contribution in [2.24, 2.45) is 7.05 Å². The molecule has 1 N–H and O–H groups in total. The molecule has 1 atom stereocenters. The normalized spacial score (nSPS) is 17.9. The lowest BCUT2D eigenvalue weighted by atomic mass is 10.2. The standard InChI is InChI=1S/C14H16N4O3S/c1-8-11(13(19)18-5-3-4-10(18)14(20)21)22-12(16-8)9-6-15-17(2)7-9/h6-7,10H,3-5H2,1-2H3,(H,20,21)/t10-/m0/s1. The maximum atomic E-state index is 12.6. The minimum Gasteiger partial charge on any atom is -0.480 e. The van der Waals surface area contributed by atoms with E-state index in [2.05, 4.69) is 10.1 Å². The molecule has 0 aliphatic carbocycles. The Labute approximate surface area is 131 Å². The summed E-state index contributed by atoms with van der Waals surface area (Å²) in [4.78, 5) is 30.3. The van der Waals surface area contributed by atoms with Gasteiger partial charge < -0.3 is 10.0 Å². The Morgan fingerprint density at radius 1 is 1.45 bits per heavy atom. The smallest absolute Gasteiger partial charge is 0.326 e. The van der Waals surface area contributed by atoms with Gasteiger partial charge in [-0.25, -0.2) is 9.78 Å². The third-order valence-electron chi connectivity index (χ3n) is 3.74. The van der Waals surface area contributed by atoms with Gasteiger partial charge in [-0.1, -0.05) is 0 Å². The number of hydrogen-bond acceptors (Lipinski definition) is 5. The summed E-state index contributed by atoms with van der Waals surface area (Å²) in [5.74, 6) is -1.18. The molecule has 0 radical (unpaired) electrons. The van der Waals surface area contributed by atoms with E-state index in [9.17, 15) is 14.7 Å². The zero-order valence-corrected chi connectivity index (χ0v) is 13.1. The summed E-state index contributed by atoms with van der Waals surface area (Å²) in [7, 11) is 1.82. The van der Waals surface area contributed by atoms with Gasteiger partial charge in [-0.15, -0.1) is 11.3 Å². The molecule has 0 spiro atoms. The molecule has 2 aromatic heterocycles. The molecule has 0 bridgehead atoms. The molecule has 2 aromatic rings. The molecule has 0 saturated carbocycles. The van der Waals surface area contributed by atoms with Gasteiger partial charge in [0, 0.05) is 25.4 Å². The van der Waals surface area contributed by atoms with Gasteiger partial charge in [0.2, 0.25) is 0 Å². The number of hydrogen-bond donors (Lipinski definition) is 1. The predicted octanol–water partition coefficient (Wildman–Crippen LogP) is 1.54. The fourth-order valence-corrected chi connectivity index (χ4v) is 3.64. The van der Waals surface area contributed by atoms with E-state index in [1.54, 1.807) is 17.8 Å². The topological polar surface area (TPSA) is 88.3 Å². The molecule has 1 amide bonds. The van der Waals surface area contributed by atoms with Gasteiger partial charge >= 0.3 is 5.97 Å². The SMILES string of the molecule is Cc1nc(-c2cnn(C)c2)sc1C(=O)N1CCC[C@H]1C(=O)O. The van der Waals surface area contributed by atoms with Crippen molar-refractivity contribution in [3.63, 3.8) is 0 Å². The Kier molecular flexibility index (Phi) is 3.69. The number of carbonyl (C=O) groups excluding carboxylic acids is 1. The summed E-state index contributed by atoms with van der Waals surface area (Å²) in [5.41, 5.74) is 1.48. The van der Waals surface area contributed by atoms with Crippen LogP contribution in [0, 0.1) is 6.92 Å². The van der Waals surface area contributed by atoms with Crippen molar-refractivity contribution in [2.75, 3.05) is 6.54 Å². The highest BCUT2D eigenvalue weighted by atomic mass is 32.1. The van der Waals surface area contributed by atoms with Crippen LogP contribution in [0.2, 0.25) is 0 Å². The first kappa shape index (κ1) is 14.7. The van der Waals surface area contributed by atoms with Crippen LogP contribution in [0.25, 0.3) is 10.6 Å². The zero-order valence-electron chi connectivity index (χ0n) is 12.3. The van der Waals surface area contributed by atoms with Gasteiger partial charge in [-0.3, -0.25) is 9.48 Å². The van der Waals surface area contributed by atoms with E-state index in [4.69, 9.17) is 0 Å². The number of carboxylic acids is 1. The number of aryl methyl sites for hydroxylation is 2. The first-order valence-corrected chi connectivity index (χ1v) is 7.79. The summed E-state index contributed by atoms with van der Waals surface area (Å²) in [6.07, 6.45) is 4.76. The number of carboxylic acid groups (broad SMARTS) is 1. The quantitative estimate of drug-likeness (QED) is 0.927. The fraction of sp³-hybridized carbons (Fsp3) is 0.429. The van der Waals surface area contributed by atoms with E-state index < -0.39 is 12.0 Å². The van der Waals surface area contributed by atoms with Crippen LogP contribution < -0.4 is 0 Å². The highest BCUT2D eigenvalue weighted by Gasteiger charge is 2.35. The lowest BCUT2D eigenvalue weighted by molar-refractivity contribution is -0.141. The van der Waals surface area contributed by atoms with Crippen LogP contribution in [0.15, 0.2) is 12.4 Å². The Morgan fingerprint density at radius 2 is 2.23 bits per heavy atom. The first-order chi connectivity index (χ1) is 10.5. The molecule has 0 unspecified atom stereocenters. The van der Waals surface area contributed by atoms with Crippen molar-refractivity contribution in [1.82, 2.24) is 19.7 Å². The van der Waals surface area contributed by atoms with Gasteiger partial charge in [-0.05, 0) is 19.8 Å². The van der Waals surface area contributed by atoms with Crippen molar-refractivity contribution in [1.29, 1.82) is 0 Å². The highest BCUT2D eigenvalue weighted by molar-refractivity contribution is 7.17. The van der Waals surface area contributed by atoms with Crippen molar-refractivity contribution in [2.45, 2.75) is 25.8 Å². The molecular weight excluding hydrogens is 304 g/mol. The first-order valence-electron chi connectivity index (χ1n) is 6.97. The molecule has 7 nitrogen and oxygen atoms in total. The van der Waals surface area contributed by atoms with Gasteiger partial charge in [0.05, 0.1) is 11.9 Å². The summed E-state index contributed by atoms with van der Waals surface area (Å²) in [5, 5.41) is 14.0. The molecule has 22 heavy (non-hydrogen) atoms. The number of amides is 1. The van der Waals surface area contributed by atoms with Crippen LogP contribution in [0.1, 0.15) is 28.2 Å². The number of nitrogens with zero attached hydrogens (tertiary/aromatic N) is 4. The third kappa shape index (κ3) is 2.50. The number of rotatable bonds is 3. The number of likely N-dealkylation sites (tertiary alicyclic amines) is 1. The number of thiazole rings is 1. The largest absolute Gasteiger partial charge is 0.480 e. The predicted molar refractivity (Wildman–Crippen MR) is 80.7 cm³/mol. The van der Waals surface area contributed by atoms with Crippen LogP contribution in [-0.2, 0) is 11.8 Å². The maximum absolute atomic E-state index is 12.6. The lowest BCUT2D eigenvalue weighted by Crippen LogP contribution is -2.40. The average Bonchev–Trinajstić information content (AvgIpc) is 3.16. The summed E-state index contributed by atoms with van der Waals surface area (Å²) < 4.78 is 1.68. The molecule has 1 saturated heterocycles. The molecule has 1 aliphatic heterocycles. The second-order valence-corrected chi connectivity index (χ2v) is 6.33. The maximum Gasteiger partial charge on any atom is 0.326 e. The van der Waals surface area contributed by atoms with Gasteiger partial charge in [-0.2, -0.15) is 5.10 Å². The second kappa shape index (κ2) is 5.53. The van der Waals surface area contributed by atoms with Gasteiger partial charge in [0.25, 0.3) is 5.91 Å². The summed E-state index contributed by atoms with van der Waals surface area (Å²) in [6.45, 7) is 2.25. The van der Waals surface area contributed by atoms with E-state index in [1.807, 2.05) is 13.2 Å². The highest BCUT2D eigenvalue weighted by Crippen LogP contribution is 2.30. The Balaban J connectivity index is 1.90. The Morgan fingerprint density at radius 3 is 2.86 bits per heavy atom. The van der Waals surface area contributed by atoms with Crippen LogP contribution in [0.4, 0.5) is 0 Å². The fourth-order valence-electron chi connectivity index (χ4n) is 2.65. The van der Waals surface area contributed by atoms with Crippen LogP contribution in [-0.4, -0.2) is 49.2 Å². The number of aliphatic carboxylic acids is 1. The van der Waals surface area contributed by atoms with E-state index >= 15 is 0 Å². The molecule has 3 rings (SSSR count). The van der Waals surface area contributed by atoms with Crippen LogP contribution in [0.3, 0.4) is 0 Å². The van der Waals surface area contributed by atoms with Crippen molar-refractivity contribution < 1.29 is 14.7 Å². The van der Waals surface area contributed by atoms with Crippen LogP contribution >= 0.6 is 11.3 Å². The van der Waals surface area contributed by atoms with Crippen molar-refractivity contribution >= 4 is 23.2 Å². The summed E-state index contributed by atoms with van der Waals surface area (Å²) in [6, 6.07) is -0.726. The monoisotopic (exact) mass is 320 g/mol. The molecule has 3 heterocycles. The Hall–Kier alpha value is -2.22. The minimum absolute atomic E-state index is 0.241. The van der Waals surface area contributed by atoms with Gasteiger partial charge in [0.15, 0.2) is 0 Å². The average molecular weight is 320 g/mol. The third-order valence-corrected chi connectivity index (χ3v) is 4.94. The second-order valence-electron chi connectivity index (χ2n) is 5.33. The van der Waals surface area contributed by atoms with E-state index in [0.29, 0.717) is 23.5 Å². The minimum atomic E-state index is -0.944. The molecule has 0 aromatic carbocycles. The van der Waals surface area contributed by atoms with E-state index in [1.165, 1.54) is 16.2 Å². The molecule has 8 heteroatoms. The Bertz CT molecular complexity index is 736. The van der Waals surface area contributed by atoms with Gasteiger partial charge in [0.1, 0.15) is 15.9 Å². The number of carbonyl (C=O) groups is 2. The van der Waals surface area contributed by atoms with E-state index in [-0.39, 0.29) is 5.91 Å². The zero-order chi connectivity index (χ0) is 15.9. The van der Waals surface area contributed by atoms with Crippen LogP contribution in [0.5, 0.6) is 0 Å². The van der Waals surface area contributed by atoms with E-state index in [0.717, 1.165) is 17.0 Å². The summed E-state index contributed by atoms with van der Waals surface area (Å²) >= 11 is 1.29. The van der Waals surface area contributed by atoms with Crippen molar-refractivity contribution in [3.8, 4) is 10.6 Å². The molecular formula is C14H16N4O3S. The molecule has 116 valence electrons. The number of aromatic nitrogens is 3. The molecule has 1 fully saturated rings.